The van der Waals surface area contributed by atoms with Crippen LogP contribution >= 0.6 is 45.2 Å². The lowest BCUT2D eigenvalue weighted by molar-refractivity contribution is -0.141. The Balaban J connectivity index is 3.27. The van der Waals surface area contributed by atoms with Crippen LogP contribution in [0.25, 0.3) is 0 Å². The molecule has 0 aliphatic rings. The quantitative estimate of drug-likeness (QED) is 0.105. The smallest absolute Gasteiger partial charge is 0.307 e. The largest absolute Gasteiger partial charge is 0.481 e. The predicted molar refractivity (Wildman–Crippen MR) is 123 cm³/mol. The van der Waals surface area contributed by atoms with Crippen LogP contribution in [0.1, 0.15) is 103 Å². The summed E-state index contributed by atoms with van der Waals surface area (Å²) in [5, 5.41) is 9.15. The molecular weight excluding hydrogens is 526 g/mol. The molecule has 144 valence electrons. The zero-order valence-electron chi connectivity index (χ0n) is 15.6. The van der Waals surface area contributed by atoms with E-state index in [2.05, 4.69) is 45.2 Å². The first kappa shape index (κ1) is 24.9. The monoisotopic (exact) mass is 564 g/mol. The van der Waals surface area contributed by atoms with Crippen molar-refractivity contribution in [3.8, 4) is 0 Å². The summed E-state index contributed by atoms with van der Waals surface area (Å²) in [5.41, 5.74) is 0. The van der Waals surface area contributed by atoms with Crippen molar-refractivity contribution in [2.24, 2.45) is 5.92 Å². The highest BCUT2D eigenvalue weighted by molar-refractivity contribution is 14.1. The second-order valence-corrected chi connectivity index (χ2v) is 9.62. The molecule has 4 heteroatoms. The molecule has 0 spiro atoms. The molecule has 2 nitrogen and oxygen atoms in total. The SMILES string of the molecule is CCC(C(=O)O)C(I)CCCCCCCCCCCCCCCI. The van der Waals surface area contributed by atoms with E-state index in [1.807, 2.05) is 6.92 Å². The Kier molecular flexibility index (Phi) is 19.4. The van der Waals surface area contributed by atoms with Gasteiger partial charge in [0.15, 0.2) is 0 Å². The predicted octanol–water partition coefficient (Wildman–Crippen LogP) is 7.80. The molecule has 0 rings (SSSR count). The van der Waals surface area contributed by atoms with Gasteiger partial charge in [0.25, 0.3) is 0 Å². The summed E-state index contributed by atoms with van der Waals surface area (Å²) in [6, 6.07) is 0. The minimum absolute atomic E-state index is 0.160. The second-order valence-electron chi connectivity index (χ2n) is 6.94. The molecule has 0 bridgehead atoms. The van der Waals surface area contributed by atoms with Crippen molar-refractivity contribution in [1.29, 1.82) is 0 Å². The van der Waals surface area contributed by atoms with Crippen LogP contribution in [0.5, 0.6) is 0 Å². The lowest BCUT2D eigenvalue weighted by atomic mass is 9.98. The molecule has 2 unspecified atom stereocenters. The second kappa shape index (κ2) is 18.7. The highest BCUT2D eigenvalue weighted by atomic mass is 127. The first-order valence-corrected chi connectivity index (χ1v) is 12.8. The molecule has 0 aromatic heterocycles. The topological polar surface area (TPSA) is 37.3 Å². The van der Waals surface area contributed by atoms with E-state index in [-0.39, 0.29) is 5.92 Å². The molecule has 0 saturated heterocycles. The fourth-order valence-electron chi connectivity index (χ4n) is 3.16. The zero-order chi connectivity index (χ0) is 18.0. The van der Waals surface area contributed by atoms with Crippen molar-refractivity contribution in [1.82, 2.24) is 0 Å². The summed E-state index contributed by atoms with van der Waals surface area (Å²) in [5.74, 6) is -0.783. The van der Waals surface area contributed by atoms with Crippen molar-refractivity contribution in [2.45, 2.75) is 107 Å². The van der Waals surface area contributed by atoms with Gasteiger partial charge in [-0.1, -0.05) is 129 Å². The van der Waals surface area contributed by atoms with Crippen LogP contribution in [0.15, 0.2) is 0 Å². The number of carboxylic acids is 1. The van der Waals surface area contributed by atoms with Gasteiger partial charge in [0.2, 0.25) is 0 Å². The van der Waals surface area contributed by atoms with E-state index < -0.39 is 5.97 Å². The molecular formula is C20H38I2O2. The number of carboxylic acid groups (broad SMARTS) is 1. The number of aliphatic carboxylic acids is 1. The molecule has 0 saturated carbocycles. The fraction of sp³-hybridized carbons (Fsp3) is 0.950. The Morgan fingerprint density at radius 3 is 1.50 bits per heavy atom. The van der Waals surface area contributed by atoms with Crippen molar-refractivity contribution < 1.29 is 9.90 Å². The van der Waals surface area contributed by atoms with Gasteiger partial charge in [-0.15, -0.1) is 0 Å². The van der Waals surface area contributed by atoms with E-state index in [1.165, 1.54) is 87.9 Å². The summed E-state index contributed by atoms with van der Waals surface area (Å²) < 4.78 is 1.61. The molecule has 0 amide bonds. The van der Waals surface area contributed by atoms with Crippen molar-refractivity contribution in [2.75, 3.05) is 4.43 Å². The number of carbonyl (C=O) groups is 1. The maximum absolute atomic E-state index is 11.1. The van der Waals surface area contributed by atoms with Crippen molar-refractivity contribution in [3.05, 3.63) is 0 Å². The maximum Gasteiger partial charge on any atom is 0.307 e. The summed E-state index contributed by atoms with van der Waals surface area (Å²) in [7, 11) is 0. The third-order valence-electron chi connectivity index (χ3n) is 4.81. The van der Waals surface area contributed by atoms with Gasteiger partial charge < -0.3 is 5.11 Å². The van der Waals surface area contributed by atoms with Crippen LogP contribution in [0, 0.1) is 5.92 Å². The fourth-order valence-corrected chi connectivity index (χ4v) is 4.96. The molecule has 0 aromatic rings. The highest BCUT2D eigenvalue weighted by Crippen LogP contribution is 2.24. The van der Waals surface area contributed by atoms with Crippen LogP contribution in [-0.2, 0) is 4.79 Å². The van der Waals surface area contributed by atoms with Crippen LogP contribution in [0.4, 0.5) is 0 Å². The highest BCUT2D eigenvalue weighted by Gasteiger charge is 2.23. The van der Waals surface area contributed by atoms with Crippen LogP contribution < -0.4 is 0 Å². The molecule has 1 N–H and O–H groups in total. The Morgan fingerprint density at radius 1 is 0.792 bits per heavy atom. The van der Waals surface area contributed by atoms with E-state index >= 15 is 0 Å². The summed E-state index contributed by atoms with van der Waals surface area (Å²) >= 11 is 4.80. The van der Waals surface area contributed by atoms with E-state index in [4.69, 9.17) is 5.11 Å². The van der Waals surface area contributed by atoms with E-state index in [0.29, 0.717) is 3.92 Å². The van der Waals surface area contributed by atoms with E-state index in [9.17, 15) is 4.79 Å². The Labute approximate surface area is 177 Å². The van der Waals surface area contributed by atoms with Gasteiger partial charge >= 0.3 is 5.97 Å². The number of rotatable bonds is 18. The Bertz CT molecular complexity index is 285. The standard InChI is InChI=1S/C20H38I2O2/c1-2-18(20(23)24)19(22)16-14-12-10-8-6-4-3-5-7-9-11-13-15-17-21/h18-19H,2-17H2,1H3,(H,23,24). The average Bonchev–Trinajstić information content (AvgIpc) is 2.55. The Morgan fingerprint density at radius 2 is 1.17 bits per heavy atom. The third-order valence-corrected chi connectivity index (χ3v) is 7.06. The summed E-state index contributed by atoms with van der Waals surface area (Å²) in [4.78, 5) is 11.1. The third kappa shape index (κ3) is 15.2. The molecule has 0 aromatic carbocycles. The van der Waals surface area contributed by atoms with Gasteiger partial charge in [-0.2, -0.15) is 0 Å². The van der Waals surface area contributed by atoms with Gasteiger partial charge in [-0.25, -0.2) is 0 Å². The van der Waals surface area contributed by atoms with E-state index in [0.717, 1.165) is 12.8 Å². The van der Waals surface area contributed by atoms with E-state index in [1.54, 1.807) is 0 Å². The average molecular weight is 564 g/mol. The minimum Gasteiger partial charge on any atom is -0.481 e. The lowest BCUT2D eigenvalue weighted by Gasteiger charge is -2.16. The maximum atomic E-state index is 11.1. The first-order chi connectivity index (χ1) is 11.6. The zero-order valence-corrected chi connectivity index (χ0v) is 19.9. The van der Waals surface area contributed by atoms with Crippen molar-refractivity contribution in [3.63, 3.8) is 0 Å². The van der Waals surface area contributed by atoms with Gasteiger partial charge in [0.05, 0.1) is 5.92 Å². The summed E-state index contributed by atoms with van der Waals surface area (Å²) in [6.45, 7) is 1.98. The van der Waals surface area contributed by atoms with Gasteiger partial charge in [-0.05, 0) is 23.7 Å². The molecule has 2 atom stereocenters. The Hall–Kier alpha value is 0.930. The summed E-state index contributed by atoms with van der Waals surface area (Å²) in [6.07, 6.45) is 19.7. The van der Waals surface area contributed by atoms with Crippen LogP contribution in [0.2, 0.25) is 0 Å². The number of unbranched alkanes of at least 4 members (excludes halogenated alkanes) is 12. The molecule has 0 heterocycles. The molecule has 24 heavy (non-hydrogen) atoms. The van der Waals surface area contributed by atoms with Gasteiger partial charge in [-0.3, -0.25) is 4.79 Å². The molecule has 0 aliphatic heterocycles. The molecule has 0 fully saturated rings. The van der Waals surface area contributed by atoms with Crippen molar-refractivity contribution >= 4 is 51.2 Å². The van der Waals surface area contributed by atoms with Crippen LogP contribution in [-0.4, -0.2) is 19.4 Å². The van der Waals surface area contributed by atoms with Gasteiger partial charge in [0, 0.05) is 3.92 Å². The number of hydrogen-bond acceptors (Lipinski definition) is 1. The number of hydrogen-bond donors (Lipinski definition) is 1. The number of alkyl halides is 2. The normalized spacial score (nSPS) is 13.8. The minimum atomic E-state index is -0.623. The van der Waals surface area contributed by atoms with Gasteiger partial charge in [0.1, 0.15) is 0 Å². The molecule has 0 radical (unpaired) electrons. The lowest BCUT2D eigenvalue weighted by Crippen LogP contribution is -2.22. The van der Waals surface area contributed by atoms with Crippen LogP contribution in [0.3, 0.4) is 0 Å². The molecule has 0 aliphatic carbocycles. The first-order valence-electron chi connectivity index (χ1n) is 10.1. The number of halogens is 2.